The van der Waals surface area contributed by atoms with Crippen LogP contribution in [0.3, 0.4) is 0 Å². The number of rotatable bonds is 4. The number of carbonyl (C=O) groups excluding carboxylic acids is 1. The molecule has 31 heavy (non-hydrogen) atoms. The third-order valence-corrected chi connectivity index (χ3v) is 6.04. The second-order valence-electron chi connectivity index (χ2n) is 6.03. The van der Waals surface area contributed by atoms with Gasteiger partial charge in [0.1, 0.15) is 0 Å². The molecule has 1 aromatic carbocycles. The molecule has 1 amide bonds. The number of carbonyl (C=O) groups is 3. The molecule has 2 N–H and O–H groups in total. The van der Waals surface area contributed by atoms with Crippen LogP contribution in [0.2, 0.25) is 0 Å². The van der Waals surface area contributed by atoms with E-state index in [0.717, 1.165) is 12.1 Å². The van der Waals surface area contributed by atoms with Crippen LogP contribution in [0.15, 0.2) is 52.0 Å². The Labute approximate surface area is 175 Å². The molecule has 1 aromatic heterocycles. The summed E-state index contributed by atoms with van der Waals surface area (Å²) in [5.41, 5.74) is -0.173. The molecule has 0 saturated carbocycles. The van der Waals surface area contributed by atoms with E-state index in [4.69, 9.17) is 24.2 Å². The maximum Gasteiger partial charge on any atom is 0.414 e. The molecule has 13 nitrogen and oxygen atoms in total. The van der Waals surface area contributed by atoms with Gasteiger partial charge in [0.05, 0.1) is 16.1 Å². The van der Waals surface area contributed by atoms with E-state index in [1.54, 1.807) is 12.1 Å². The van der Waals surface area contributed by atoms with Crippen LogP contribution in [0.25, 0.3) is 0 Å². The summed E-state index contributed by atoms with van der Waals surface area (Å²) in [5, 5.41) is 25.4. The maximum absolute atomic E-state index is 12.6. The van der Waals surface area contributed by atoms with Gasteiger partial charge in [-0.3, -0.25) is 14.9 Å². The van der Waals surface area contributed by atoms with E-state index < -0.39 is 26.9 Å². The van der Waals surface area contributed by atoms with Gasteiger partial charge in [0.2, 0.25) is 10.0 Å². The van der Waals surface area contributed by atoms with E-state index in [1.807, 2.05) is 0 Å². The lowest BCUT2D eigenvalue weighted by Crippen LogP contribution is -2.50. The van der Waals surface area contributed by atoms with Crippen molar-refractivity contribution in [1.82, 2.24) is 9.21 Å². The van der Waals surface area contributed by atoms with E-state index in [-0.39, 0.29) is 48.4 Å². The zero-order valence-corrected chi connectivity index (χ0v) is 16.6. The number of carboxylic acid groups (broad SMARTS) is 2. The number of sulfonamides is 1. The van der Waals surface area contributed by atoms with Crippen molar-refractivity contribution in [3.8, 4) is 0 Å². The summed E-state index contributed by atoms with van der Waals surface area (Å²) in [6, 6.07) is 7.92. The minimum Gasteiger partial charge on any atom is -0.473 e. The monoisotopic (exact) mass is 455 g/mol. The van der Waals surface area contributed by atoms with Crippen LogP contribution in [0.5, 0.6) is 0 Å². The van der Waals surface area contributed by atoms with Gasteiger partial charge in [-0.1, -0.05) is 0 Å². The van der Waals surface area contributed by atoms with Gasteiger partial charge in [-0.15, -0.1) is 0 Å². The highest BCUT2D eigenvalue weighted by atomic mass is 32.2. The molecule has 0 unspecified atom stereocenters. The summed E-state index contributed by atoms with van der Waals surface area (Å²) in [6.07, 6.45) is 1.41. The Morgan fingerprint density at radius 3 is 1.94 bits per heavy atom. The van der Waals surface area contributed by atoms with Gasteiger partial charge < -0.3 is 19.5 Å². The number of hydrogen-bond acceptors (Lipinski definition) is 8. The van der Waals surface area contributed by atoms with Crippen LogP contribution in [0.4, 0.5) is 5.69 Å². The highest BCUT2D eigenvalue weighted by molar-refractivity contribution is 7.89. The number of furan rings is 1. The summed E-state index contributed by atoms with van der Waals surface area (Å²) < 4.78 is 31.5. The fourth-order valence-electron chi connectivity index (χ4n) is 2.58. The molecule has 0 radical (unpaired) electrons. The molecule has 0 aliphatic carbocycles. The number of benzene rings is 1. The fourth-order valence-corrected chi connectivity index (χ4v) is 4.00. The van der Waals surface area contributed by atoms with Gasteiger partial charge in [0.25, 0.3) is 11.6 Å². The first-order chi connectivity index (χ1) is 14.5. The van der Waals surface area contributed by atoms with Gasteiger partial charge >= 0.3 is 11.9 Å². The van der Waals surface area contributed by atoms with Crippen molar-refractivity contribution in [3.63, 3.8) is 0 Å². The standard InChI is InChI=1S/C15H15N3O6S.C2H2O4/c19-15(14-2-1-11-24-14)16-7-9-17(10-8-16)25(22,23)13-5-3-12(4-6-13)18(20)21;3-1(4)2(5)6/h1-6,11H,7-10H2;(H,3,4)(H,5,6). The average Bonchev–Trinajstić information content (AvgIpc) is 3.28. The van der Waals surface area contributed by atoms with E-state index >= 15 is 0 Å². The van der Waals surface area contributed by atoms with Crippen molar-refractivity contribution in [2.75, 3.05) is 26.2 Å². The minimum atomic E-state index is -3.76. The number of aliphatic carboxylic acids is 2. The van der Waals surface area contributed by atoms with E-state index in [2.05, 4.69) is 0 Å². The maximum atomic E-state index is 12.6. The Balaban J connectivity index is 0.000000501. The van der Waals surface area contributed by atoms with Crippen LogP contribution >= 0.6 is 0 Å². The molecule has 0 bridgehead atoms. The second kappa shape index (κ2) is 9.82. The first kappa shape index (κ1) is 23.5. The Hall–Kier alpha value is -3.78. The predicted molar refractivity (Wildman–Crippen MR) is 102 cm³/mol. The van der Waals surface area contributed by atoms with Crippen molar-refractivity contribution in [2.24, 2.45) is 0 Å². The van der Waals surface area contributed by atoms with Gasteiger partial charge in [-0.05, 0) is 24.3 Å². The van der Waals surface area contributed by atoms with Gasteiger partial charge in [-0.25, -0.2) is 18.0 Å². The number of nitro benzene ring substituents is 1. The Bertz CT molecular complexity index is 1040. The lowest BCUT2D eigenvalue weighted by atomic mass is 10.3. The molecule has 2 aromatic rings. The topological polar surface area (TPSA) is 189 Å². The molecule has 2 heterocycles. The quantitative estimate of drug-likeness (QED) is 0.373. The van der Waals surface area contributed by atoms with Crippen LogP contribution in [-0.4, -0.2) is 76.8 Å². The summed E-state index contributed by atoms with van der Waals surface area (Å²) in [5.74, 6) is -3.71. The number of carboxylic acids is 2. The van der Waals surface area contributed by atoms with Crippen molar-refractivity contribution >= 4 is 33.6 Å². The number of non-ortho nitro benzene ring substituents is 1. The molecular formula is C17H17N3O10S. The van der Waals surface area contributed by atoms with Crippen LogP contribution in [-0.2, 0) is 19.6 Å². The third kappa shape index (κ3) is 5.86. The van der Waals surface area contributed by atoms with Crippen molar-refractivity contribution in [2.45, 2.75) is 4.90 Å². The zero-order valence-electron chi connectivity index (χ0n) is 15.8. The normalized spacial score (nSPS) is 14.3. The molecule has 3 rings (SSSR count). The van der Waals surface area contributed by atoms with Gasteiger partial charge in [-0.2, -0.15) is 4.31 Å². The largest absolute Gasteiger partial charge is 0.473 e. The van der Waals surface area contributed by atoms with Gasteiger partial charge in [0.15, 0.2) is 5.76 Å². The summed E-state index contributed by atoms with van der Waals surface area (Å²) in [7, 11) is -3.76. The third-order valence-electron chi connectivity index (χ3n) is 4.13. The summed E-state index contributed by atoms with van der Waals surface area (Å²) >= 11 is 0. The highest BCUT2D eigenvalue weighted by Crippen LogP contribution is 2.21. The van der Waals surface area contributed by atoms with Crippen molar-refractivity contribution in [1.29, 1.82) is 0 Å². The summed E-state index contributed by atoms with van der Waals surface area (Å²) in [6.45, 7) is 0.773. The number of nitro groups is 1. The number of amides is 1. The van der Waals surface area contributed by atoms with Crippen molar-refractivity contribution in [3.05, 3.63) is 58.5 Å². The van der Waals surface area contributed by atoms with E-state index in [9.17, 15) is 23.3 Å². The smallest absolute Gasteiger partial charge is 0.414 e. The molecular weight excluding hydrogens is 438 g/mol. The first-order valence-corrected chi connectivity index (χ1v) is 10.0. The Morgan fingerprint density at radius 2 is 1.52 bits per heavy atom. The van der Waals surface area contributed by atoms with Crippen LogP contribution in [0.1, 0.15) is 10.6 Å². The fraction of sp³-hybridized carbons (Fsp3) is 0.235. The van der Waals surface area contributed by atoms with Gasteiger partial charge in [0, 0.05) is 38.3 Å². The SMILES string of the molecule is O=C(O)C(=O)O.O=C(c1ccco1)N1CCN(S(=O)(=O)c2ccc([N+](=O)[O-])cc2)CC1. The number of hydrogen-bond donors (Lipinski definition) is 2. The second-order valence-corrected chi connectivity index (χ2v) is 7.97. The summed E-state index contributed by atoms with van der Waals surface area (Å²) in [4.78, 5) is 42.0. The Morgan fingerprint density at radius 1 is 0.968 bits per heavy atom. The molecule has 0 spiro atoms. The number of piperazine rings is 1. The lowest BCUT2D eigenvalue weighted by Gasteiger charge is -2.33. The molecule has 0 atom stereocenters. The molecule has 1 aliphatic rings. The average molecular weight is 455 g/mol. The zero-order chi connectivity index (χ0) is 23.2. The molecule has 166 valence electrons. The van der Waals surface area contributed by atoms with E-state index in [1.165, 1.54) is 27.6 Å². The minimum absolute atomic E-state index is 0.0103. The van der Waals surface area contributed by atoms with Crippen LogP contribution < -0.4 is 0 Å². The molecule has 14 heteroatoms. The predicted octanol–water partition coefficient (Wildman–Crippen LogP) is 0.490. The highest BCUT2D eigenvalue weighted by Gasteiger charge is 2.31. The van der Waals surface area contributed by atoms with E-state index in [0.29, 0.717) is 0 Å². The molecule has 1 aliphatic heterocycles. The Kier molecular flexibility index (Phi) is 7.44. The van der Waals surface area contributed by atoms with Crippen LogP contribution in [0, 0.1) is 10.1 Å². The molecule has 1 fully saturated rings. The number of nitrogens with zero attached hydrogens (tertiary/aromatic N) is 3. The van der Waals surface area contributed by atoms with Crippen molar-refractivity contribution < 1.29 is 42.4 Å². The first-order valence-electron chi connectivity index (χ1n) is 8.57. The molecule has 1 saturated heterocycles. The lowest BCUT2D eigenvalue weighted by molar-refractivity contribution is -0.384.